The Labute approximate surface area is 123 Å². The Bertz CT molecular complexity index is 452. The van der Waals surface area contributed by atoms with Gasteiger partial charge in [0, 0.05) is 12.0 Å². The summed E-state index contributed by atoms with van der Waals surface area (Å²) in [7, 11) is 0. The minimum atomic E-state index is 0.437. The normalized spacial score (nSPS) is 14.2. The highest BCUT2D eigenvalue weighted by molar-refractivity contribution is 5.33. The first-order valence-electron chi connectivity index (χ1n) is 7.57. The maximum Gasteiger partial charge on any atom is 0.0130 e. The summed E-state index contributed by atoms with van der Waals surface area (Å²) >= 11 is 0. The van der Waals surface area contributed by atoms with E-state index < -0.39 is 0 Å². The molecule has 0 fully saturated rings. The number of rotatable bonds is 6. The van der Waals surface area contributed by atoms with E-state index in [9.17, 15) is 0 Å². The first kappa shape index (κ1) is 14.8. The molecule has 2 aromatic rings. The number of hydrogen-bond donors (Lipinski definition) is 1. The maximum absolute atomic E-state index is 3.57. The molecule has 0 aromatic heterocycles. The van der Waals surface area contributed by atoms with Crippen LogP contribution in [0.25, 0.3) is 0 Å². The zero-order valence-corrected chi connectivity index (χ0v) is 12.7. The minimum Gasteiger partial charge on any atom is -0.314 e. The molecule has 2 aromatic carbocycles. The Kier molecular flexibility index (Phi) is 5.37. The Morgan fingerprint density at radius 3 is 1.65 bits per heavy atom. The molecule has 0 aliphatic heterocycles. The van der Waals surface area contributed by atoms with Gasteiger partial charge in [0.2, 0.25) is 0 Å². The fourth-order valence-electron chi connectivity index (χ4n) is 2.92. The van der Waals surface area contributed by atoms with Gasteiger partial charge in [-0.25, -0.2) is 0 Å². The molecule has 1 N–H and O–H groups in total. The average molecular weight is 267 g/mol. The SMILES string of the molecule is CCNC(C)C(C)C(c1ccccc1)c1ccccc1. The first-order chi connectivity index (χ1) is 9.74. The molecule has 2 unspecified atom stereocenters. The average Bonchev–Trinajstić information content (AvgIpc) is 2.50. The van der Waals surface area contributed by atoms with Crippen LogP contribution in [0.1, 0.15) is 37.8 Å². The molecular weight excluding hydrogens is 242 g/mol. The van der Waals surface area contributed by atoms with Crippen LogP contribution < -0.4 is 5.32 Å². The molecule has 0 saturated heterocycles. The van der Waals surface area contributed by atoms with Crippen LogP contribution in [0.2, 0.25) is 0 Å². The summed E-state index contributed by atoms with van der Waals surface area (Å²) in [6.45, 7) is 7.82. The number of nitrogens with one attached hydrogen (secondary N) is 1. The summed E-state index contributed by atoms with van der Waals surface area (Å²) in [4.78, 5) is 0. The predicted octanol–water partition coefficient (Wildman–Crippen LogP) is 4.45. The fourth-order valence-corrected chi connectivity index (χ4v) is 2.92. The third kappa shape index (κ3) is 3.49. The van der Waals surface area contributed by atoms with Crippen LogP contribution >= 0.6 is 0 Å². The maximum atomic E-state index is 3.57. The lowest BCUT2D eigenvalue weighted by molar-refractivity contribution is 0.373. The van der Waals surface area contributed by atoms with E-state index in [-0.39, 0.29) is 0 Å². The van der Waals surface area contributed by atoms with Crippen molar-refractivity contribution in [2.45, 2.75) is 32.7 Å². The van der Waals surface area contributed by atoms with E-state index in [0.29, 0.717) is 17.9 Å². The largest absolute Gasteiger partial charge is 0.314 e. The molecule has 0 aliphatic carbocycles. The Hall–Kier alpha value is -1.60. The Balaban J connectivity index is 2.35. The van der Waals surface area contributed by atoms with Crippen LogP contribution in [-0.4, -0.2) is 12.6 Å². The van der Waals surface area contributed by atoms with Crippen LogP contribution in [0.15, 0.2) is 60.7 Å². The first-order valence-corrected chi connectivity index (χ1v) is 7.57. The quantitative estimate of drug-likeness (QED) is 0.815. The second-order valence-electron chi connectivity index (χ2n) is 5.50. The van der Waals surface area contributed by atoms with Crippen LogP contribution in [0.3, 0.4) is 0 Å². The molecular formula is C19H25N. The Morgan fingerprint density at radius 2 is 1.25 bits per heavy atom. The molecule has 0 heterocycles. The molecule has 2 atom stereocenters. The summed E-state index contributed by atoms with van der Waals surface area (Å²) in [5.74, 6) is 0.978. The molecule has 1 heteroatoms. The van der Waals surface area contributed by atoms with Crippen molar-refractivity contribution in [1.29, 1.82) is 0 Å². The zero-order chi connectivity index (χ0) is 14.4. The van der Waals surface area contributed by atoms with Crippen molar-refractivity contribution >= 4 is 0 Å². The van der Waals surface area contributed by atoms with Crippen LogP contribution in [0.4, 0.5) is 0 Å². The van der Waals surface area contributed by atoms with E-state index in [0.717, 1.165) is 6.54 Å². The molecule has 1 nitrogen and oxygen atoms in total. The van der Waals surface area contributed by atoms with Gasteiger partial charge >= 0.3 is 0 Å². The van der Waals surface area contributed by atoms with Crippen molar-refractivity contribution in [1.82, 2.24) is 5.32 Å². The highest BCUT2D eigenvalue weighted by Gasteiger charge is 2.25. The lowest BCUT2D eigenvalue weighted by Crippen LogP contribution is -2.35. The molecule has 0 amide bonds. The van der Waals surface area contributed by atoms with E-state index in [4.69, 9.17) is 0 Å². The molecule has 20 heavy (non-hydrogen) atoms. The van der Waals surface area contributed by atoms with Gasteiger partial charge in [-0.3, -0.25) is 0 Å². The molecule has 0 radical (unpaired) electrons. The standard InChI is InChI=1S/C19H25N/c1-4-20-16(3)15(2)19(17-11-7-5-8-12-17)18-13-9-6-10-14-18/h5-16,19-20H,4H2,1-3H3. The molecule has 0 spiro atoms. The zero-order valence-electron chi connectivity index (χ0n) is 12.7. The van der Waals surface area contributed by atoms with Crippen LogP contribution in [0.5, 0.6) is 0 Å². The van der Waals surface area contributed by atoms with Crippen molar-refractivity contribution in [3.8, 4) is 0 Å². The van der Waals surface area contributed by atoms with Crippen molar-refractivity contribution in [2.75, 3.05) is 6.54 Å². The molecule has 0 bridgehead atoms. The van der Waals surface area contributed by atoms with Gasteiger partial charge in [-0.2, -0.15) is 0 Å². The van der Waals surface area contributed by atoms with Gasteiger partial charge in [0.25, 0.3) is 0 Å². The van der Waals surface area contributed by atoms with E-state index in [1.165, 1.54) is 11.1 Å². The van der Waals surface area contributed by atoms with Gasteiger partial charge in [-0.1, -0.05) is 74.5 Å². The molecule has 0 aliphatic rings. The van der Waals surface area contributed by atoms with Crippen molar-refractivity contribution in [3.63, 3.8) is 0 Å². The van der Waals surface area contributed by atoms with Crippen molar-refractivity contribution in [3.05, 3.63) is 71.8 Å². The summed E-state index contributed by atoms with van der Waals surface area (Å²) in [5, 5.41) is 3.57. The smallest absolute Gasteiger partial charge is 0.0130 e. The fraction of sp³-hybridized carbons (Fsp3) is 0.368. The minimum absolute atomic E-state index is 0.437. The van der Waals surface area contributed by atoms with Gasteiger partial charge in [-0.15, -0.1) is 0 Å². The summed E-state index contributed by atoms with van der Waals surface area (Å²) in [5.41, 5.74) is 2.80. The van der Waals surface area contributed by atoms with Crippen molar-refractivity contribution in [2.24, 2.45) is 5.92 Å². The van der Waals surface area contributed by atoms with E-state index in [1.54, 1.807) is 0 Å². The van der Waals surface area contributed by atoms with E-state index in [2.05, 4.69) is 86.8 Å². The van der Waals surface area contributed by atoms with Gasteiger partial charge in [0.1, 0.15) is 0 Å². The van der Waals surface area contributed by atoms with E-state index in [1.807, 2.05) is 0 Å². The second-order valence-corrected chi connectivity index (χ2v) is 5.50. The summed E-state index contributed by atoms with van der Waals surface area (Å²) in [6.07, 6.45) is 0. The lowest BCUT2D eigenvalue weighted by atomic mass is 9.78. The number of hydrogen-bond acceptors (Lipinski definition) is 1. The third-order valence-electron chi connectivity index (χ3n) is 4.16. The second kappa shape index (κ2) is 7.25. The summed E-state index contributed by atoms with van der Waals surface area (Å²) in [6, 6.07) is 22.2. The van der Waals surface area contributed by atoms with Gasteiger partial charge in [-0.05, 0) is 30.5 Å². The Morgan fingerprint density at radius 1 is 0.800 bits per heavy atom. The van der Waals surface area contributed by atoms with Gasteiger partial charge in [0.15, 0.2) is 0 Å². The van der Waals surface area contributed by atoms with Crippen LogP contribution in [-0.2, 0) is 0 Å². The monoisotopic (exact) mass is 267 g/mol. The predicted molar refractivity (Wildman–Crippen MR) is 87.0 cm³/mol. The van der Waals surface area contributed by atoms with Crippen LogP contribution in [0, 0.1) is 5.92 Å². The topological polar surface area (TPSA) is 12.0 Å². The lowest BCUT2D eigenvalue weighted by Gasteiger charge is -2.30. The van der Waals surface area contributed by atoms with Gasteiger partial charge < -0.3 is 5.32 Å². The molecule has 0 saturated carbocycles. The van der Waals surface area contributed by atoms with Gasteiger partial charge in [0.05, 0.1) is 0 Å². The van der Waals surface area contributed by atoms with Crippen molar-refractivity contribution < 1.29 is 0 Å². The molecule has 2 rings (SSSR count). The third-order valence-corrected chi connectivity index (χ3v) is 4.16. The molecule has 106 valence electrons. The number of benzene rings is 2. The summed E-state index contributed by atoms with van der Waals surface area (Å²) < 4.78 is 0. The van der Waals surface area contributed by atoms with E-state index >= 15 is 0 Å². The highest BCUT2D eigenvalue weighted by atomic mass is 14.9. The highest BCUT2D eigenvalue weighted by Crippen LogP contribution is 2.33.